The number of aromatic nitrogens is 3. The molecule has 0 saturated carbocycles. The summed E-state index contributed by atoms with van der Waals surface area (Å²) in [5.74, 6) is 1.69. The molecule has 2 aromatic heterocycles. The van der Waals surface area contributed by atoms with Crippen LogP contribution in [0.15, 0.2) is 22.9 Å². The maximum Gasteiger partial charge on any atom is 0.263 e. The van der Waals surface area contributed by atoms with Gasteiger partial charge in [0.2, 0.25) is 5.88 Å². The van der Waals surface area contributed by atoms with Gasteiger partial charge in [0.05, 0.1) is 12.6 Å². The lowest BCUT2D eigenvalue weighted by Crippen LogP contribution is -2.14. The minimum atomic E-state index is 0.199. The molecular weight excluding hydrogens is 244 g/mol. The monoisotopic (exact) mass is 260 g/mol. The molecule has 1 aliphatic rings. The second-order valence-electron chi connectivity index (χ2n) is 4.40. The average Bonchev–Trinajstić information content (AvgIpc) is 3.11. The first-order chi connectivity index (χ1) is 9.38. The standard InChI is InChI=1S/C13H16N4O2/c1-2-18-12-9(5-3-8-15-12)13-16-11(17-19-13)10-6-4-7-14-10/h3,5,8,10,14H,2,4,6-7H2,1H3/t10-/m0/s1. The molecule has 0 bridgehead atoms. The molecule has 100 valence electrons. The Hall–Kier alpha value is -1.95. The summed E-state index contributed by atoms with van der Waals surface area (Å²) in [7, 11) is 0. The van der Waals surface area contributed by atoms with Crippen LogP contribution in [0.1, 0.15) is 31.6 Å². The minimum absolute atomic E-state index is 0.199. The summed E-state index contributed by atoms with van der Waals surface area (Å²) in [5, 5.41) is 7.39. The lowest BCUT2D eigenvalue weighted by atomic mass is 10.2. The van der Waals surface area contributed by atoms with Crippen LogP contribution in [0.4, 0.5) is 0 Å². The van der Waals surface area contributed by atoms with Gasteiger partial charge < -0.3 is 14.6 Å². The molecule has 0 amide bonds. The predicted molar refractivity (Wildman–Crippen MR) is 68.7 cm³/mol. The van der Waals surface area contributed by atoms with Crippen LogP contribution in [-0.4, -0.2) is 28.3 Å². The fourth-order valence-corrected chi connectivity index (χ4v) is 2.20. The minimum Gasteiger partial charge on any atom is -0.477 e. The third-order valence-electron chi connectivity index (χ3n) is 3.10. The molecule has 1 fully saturated rings. The van der Waals surface area contributed by atoms with E-state index >= 15 is 0 Å². The molecule has 3 heterocycles. The lowest BCUT2D eigenvalue weighted by molar-refractivity contribution is 0.326. The third kappa shape index (κ3) is 2.44. The van der Waals surface area contributed by atoms with E-state index < -0.39 is 0 Å². The molecule has 0 aromatic carbocycles. The molecule has 1 saturated heterocycles. The topological polar surface area (TPSA) is 73.1 Å². The molecule has 19 heavy (non-hydrogen) atoms. The van der Waals surface area contributed by atoms with Crippen molar-refractivity contribution in [1.82, 2.24) is 20.4 Å². The van der Waals surface area contributed by atoms with Crippen LogP contribution in [0.3, 0.4) is 0 Å². The van der Waals surface area contributed by atoms with Gasteiger partial charge in [-0.25, -0.2) is 4.98 Å². The summed E-state index contributed by atoms with van der Waals surface area (Å²) in [5.41, 5.74) is 0.737. The van der Waals surface area contributed by atoms with Gasteiger partial charge in [0, 0.05) is 6.20 Å². The number of nitrogens with zero attached hydrogens (tertiary/aromatic N) is 3. The Morgan fingerprint density at radius 3 is 3.26 bits per heavy atom. The van der Waals surface area contributed by atoms with Gasteiger partial charge in [0.1, 0.15) is 5.56 Å². The number of ether oxygens (including phenoxy) is 1. The average molecular weight is 260 g/mol. The highest BCUT2D eigenvalue weighted by Crippen LogP contribution is 2.28. The molecule has 3 rings (SSSR count). The Balaban J connectivity index is 1.89. The largest absolute Gasteiger partial charge is 0.477 e. The molecule has 2 aromatic rings. The van der Waals surface area contributed by atoms with Crippen molar-refractivity contribution < 1.29 is 9.26 Å². The van der Waals surface area contributed by atoms with E-state index in [9.17, 15) is 0 Å². The molecule has 0 spiro atoms. The molecular formula is C13H16N4O2. The fraction of sp³-hybridized carbons (Fsp3) is 0.462. The van der Waals surface area contributed by atoms with E-state index in [-0.39, 0.29) is 6.04 Å². The van der Waals surface area contributed by atoms with Crippen LogP contribution in [-0.2, 0) is 0 Å². The summed E-state index contributed by atoms with van der Waals surface area (Å²) in [4.78, 5) is 8.63. The number of hydrogen-bond donors (Lipinski definition) is 1. The van der Waals surface area contributed by atoms with E-state index in [1.165, 1.54) is 0 Å². The van der Waals surface area contributed by atoms with Gasteiger partial charge >= 0.3 is 0 Å². The predicted octanol–water partition coefficient (Wildman–Crippen LogP) is 1.95. The molecule has 0 unspecified atom stereocenters. The van der Waals surface area contributed by atoms with E-state index in [4.69, 9.17) is 9.26 Å². The van der Waals surface area contributed by atoms with Crippen LogP contribution >= 0.6 is 0 Å². The second kappa shape index (κ2) is 5.36. The van der Waals surface area contributed by atoms with Crippen molar-refractivity contribution in [2.75, 3.05) is 13.2 Å². The number of hydrogen-bond acceptors (Lipinski definition) is 6. The van der Waals surface area contributed by atoms with Crippen LogP contribution < -0.4 is 10.1 Å². The van der Waals surface area contributed by atoms with Crippen LogP contribution in [0.2, 0.25) is 0 Å². The smallest absolute Gasteiger partial charge is 0.263 e. The van der Waals surface area contributed by atoms with Crippen molar-refractivity contribution in [2.24, 2.45) is 0 Å². The van der Waals surface area contributed by atoms with Gasteiger partial charge in [-0.2, -0.15) is 4.98 Å². The Labute approximate surface area is 111 Å². The van der Waals surface area contributed by atoms with Crippen molar-refractivity contribution in [3.63, 3.8) is 0 Å². The SMILES string of the molecule is CCOc1ncccc1-c1nc([C@@H]2CCCN2)no1. The molecule has 6 nitrogen and oxygen atoms in total. The normalized spacial score (nSPS) is 18.7. The van der Waals surface area contributed by atoms with Crippen molar-refractivity contribution >= 4 is 0 Å². The van der Waals surface area contributed by atoms with E-state index in [1.54, 1.807) is 6.20 Å². The van der Waals surface area contributed by atoms with Crippen LogP contribution in [0, 0.1) is 0 Å². The Morgan fingerprint density at radius 2 is 2.47 bits per heavy atom. The number of rotatable bonds is 4. The van der Waals surface area contributed by atoms with E-state index in [1.807, 2.05) is 19.1 Å². The summed E-state index contributed by atoms with van der Waals surface area (Å²) in [6.45, 7) is 3.47. The summed E-state index contributed by atoms with van der Waals surface area (Å²) in [6, 6.07) is 3.90. The fourth-order valence-electron chi connectivity index (χ4n) is 2.20. The maximum atomic E-state index is 5.47. The van der Waals surface area contributed by atoms with Gasteiger partial charge in [-0.05, 0) is 38.4 Å². The number of pyridine rings is 1. The zero-order chi connectivity index (χ0) is 13.1. The first kappa shape index (κ1) is 12.1. The quantitative estimate of drug-likeness (QED) is 0.905. The van der Waals surface area contributed by atoms with Crippen molar-refractivity contribution in [3.8, 4) is 17.3 Å². The van der Waals surface area contributed by atoms with Gasteiger partial charge in [0.25, 0.3) is 5.89 Å². The molecule has 6 heteroatoms. The van der Waals surface area contributed by atoms with E-state index in [0.29, 0.717) is 24.2 Å². The van der Waals surface area contributed by atoms with E-state index in [0.717, 1.165) is 24.9 Å². The summed E-state index contributed by atoms with van der Waals surface area (Å²) < 4.78 is 10.8. The third-order valence-corrected chi connectivity index (χ3v) is 3.10. The van der Waals surface area contributed by atoms with Crippen molar-refractivity contribution in [3.05, 3.63) is 24.2 Å². The Morgan fingerprint density at radius 1 is 1.53 bits per heavy atom. The van der Waals surface area contributed by atoms with Gasteiger partial charge in [-0.1, -0.05) is 5.16 Å². The zero-order valence-corrected chi connectivity index (χ0v) is 10.8. The second-order valence-corrected chi connectivity index (χ2v) is 4.40. The van der Waals surface area contributed by atoms with Crippen molar-refractivity contribution in [2.45, 2.75) is 25.8 Å². The maximum absolute atomic E-state index is 5.47. The van der Waals surface area contributed by atoms with Gasteiger partial charge in [-0.15, -0.1) is 0 Å². The van der Waals surface area contributed by atoms with Gasteiger partial charge in [0.15, 0.2) is 5.82 Å². The van der Waals surface area contributed by atoms with Gasteiger partial charge in [-0.3, -0.25) is 0 Å². The van der Waals surface area contributed by atoms with Crippen LogP contribution in [0.5, 0.6) is 5.88 Å². The van der Waals surface area contributed by atoms with Crippen LogP contribution in [0.25, 0.3) is 11.5 Å². The summed E-state index contributed by atoms with van der Waals surface area (Å²) in [6.07, 6.45) is 3.88. The first-order valence-electron chi connectivity index (χ1n) is 6.53. The molecule has 1 N–H and O–H groups in total. The Bertz CT molecular complexity index is 549. The van der Waals surface area contributed by atoms with E-state index in [2.05, 4.69) is 20.4 Å². The molecule has 0 aliphatic carbocycles. The highest BCUT2D eigenvalue weighted by atomic mass is 16.5. The summed E-state index contributed by atoms with van der Waals surface area (Å²) >= 11 is 0. The first-order valence-corrected chi connectivity index (χ1v) is 6.53. The lowest BCUT2D eigenvalue weighted by Gasteiger charge is -2.04. The Kier molecular flexibility index (Phi) is 3.41. The highest BCUT2D eigenvalue weighted by Gasteiger charge is 2.23. The van der Waals surface area contributed by atoms with Crippen molar-refractivity contribution in [1.29, 1.82) is 0 Å². The molecule has 0 radical (unpaired) electrons. The highest BCUT2D eigenvalue weighted by molar-refractivity contribution is 5.59. The zero-order valence-electron chi connectivity index (χ0n) is 10.8. The molecule has 1 atom stereocenters. The number of nitrogens with one attached hydrogen (secondary N) is 1. The molecule has 1 aliphatic heterocycles.